The number of hydrogen-bond donors (Lipinski definition) is 0. The maximum atomic E-state index is 12.4. The van der Waals surface area contributed by atoms with Gasteiger partial charge in [0.2, 0.25) is 0 Å². The van der Waals surface area contributed by atoms with Gasteiger partial charge in [0.1, 0.15) is 0 Å². The van der Waals surface area contributed by atoms with Crippen LogP contribution in [-0.2, 0) is 4.74 Å². The Balaban J connectivity index is 1.87. The fraction of sp³-hybridized carbons (Fsp3) is 0.500. The van der Waals surface area contributed by atoms with Crippen molar-refractivity contribution in [2.24, 2.45) is 0 Å². The number of hydrogen-bond acceptors (Lipinski definition) is 3. The molecular weight excluding hydrogens is 339 g/mol. The summed E-state index contributed by atoms with van der Waals surface area (Å²) >= 11 is 11.8. The van der Waals surface area contributed by atoms with Gasteiger partial charge in [0.05, 0.1) is 16.7 Å². The van der Waals surface area contributed by atoms with E-state index in [0.29, 0.717) is 48.4 Å². The lowest BCUT2D eigenvalue weighted by Gasteiger charge is -2.34. The van der Waals surface area contributed by atoms with Crippen molar-refractivity contribution in [3.8, 4) is 0 Å². The number of rotatable bonds is 4. The van der Waals surface area contributed by atoms with Crippen LogP contribution in [0.2, 0.25) is 10.0 Å². The lowest BCUT2D eigenvalue weighted by atomic mass is 10.2. The van der Waals surface area contributed by atoms with E-state index in [4.69, 9.17) is 27.9 Å². The number of halogens is 2. The largest absolute Gasteiger partial charge is 0.449 e. The summed E-state index contributed by atoms with van der Waals surface area (Å²) in [5.74, 6) is -0.109. The van der Waals surface area contributed by atoms with E-state index in [1.54, 1.807) is 28.0 Å². The first-order chi connectivity index (χ1) is 11.0. The van der Waals surface area contributed by atoms with Gasteiger partial charge in [0.15, 0.2) is 0 Å². The highest BCUT2D eigenvalue weighted by atomic mass is 35.5. The smallest absolute Gasteiger partial charge is 0.409 e. The zero-order valence-corrected chi connectivity index (χ0v) is 14.6. The molecule has 126 valence electrons. The van der Waals surface area contributed by atoms with Crippen molar-refractivity contribution in [3.63, 3.8) is 0 Å². The Morgan fingerprint density at radius 3 is 2.35 bits per heavy atom. The van der Waals surface area contributed by atoms with Gasteiger partial charge in [0, 0.05) is 31.7 Å². The molecule has 1 aromatic carbocycles. The average molecular weight is 359 g/mol. The van der Waals surface area contributed by atoms with E-state index in [9.17, 15) is 9.59 Å². The molecule has 1 heterocycles. The second kappa shape index (κ2) is 8.41. The zero-order valence-electron chi connectivity index (χ0n) is 13.1. The van der Waals surface area contributed by atoms with Crippen LogP contribution < -0.4 is 0 Å². The zero-order chi connectivity index (χ0) is 16.8. The van der Waals surface area contributed by atoms with Crippen molar-refractivity contribution in [3.05, 3.63) is 33.8 Å². The second-order valence-corrected chi connectivity index (χ2v) is 6.19. The number of amides is 2. The van der Waals surface area contributed by atoms with E-state index >= 15 is 0 Å². The number of carbonyl (C=O) groups is 2. The third-order valence-electron chi connectivity index (χ3n) is 3.72. The summed E-state index contributed by atoms with van der Waals surface area (Å²) in [6.07, 6.45) is 1.54. The van der Waals surface area contributed by atoms with E-state index in [2.05, 4.69) is 0 Å². The molecule has 2 amide bonds. The first-order valence-electron chi connectivity index (χ1n) is 7.69. The van der Waals surface area contributed by atoms with E-state index in [0.717, 1.165) is 12.8 Å². The number of benzene rings is 1. The number of unbranched alkanes of at least 4 members (excludes halogenated alkanes) is 1. The number of piperazine rings is 1. The second-order valence-electron chi connectivity index (χ2n) is 5.38. The van der Waals surface area contributed by atoms with Gasteiger partial charge >= 0.3 is 6.09 Å². The summed E-state index contributed by atoms with van der Waals surface area (Å²) in [4.78, 5) is 27.6. The standard InChI is InChI=1S/C16H20Cl2N2O3/c1-2-3-10-23-16(22)20-8-6-19(7-9-20)15(21)12-4-5-13(17)14(18)11-12/h4-5,11H,2-3,6-10H2,1H3. The molecule has 2 rings (SSSR count). The lowest BCUT2D eigenvalue weighted by Crippen LogP contribution is -2.50. The maximum Gasteiger partial charge on any atom is 0.409 e. The molecule has 0 saturated carbocycles. The highest BCUT2D eigenvalue weighted by molar-refractivity contribution is 6.42. The van der Waals surface area contributed by atoms with Crippen molar-refractivity contribution >= 4 is 35.2 Å². The molecule has 1 aromatic rings. The van der Waals surface area contributed by atoms with Crippen LogP contribution in [0.1, 0.15) is 30.1 Å². The minimum absolute atomic E-state index is 0.109. The van der Waals surface area contributed by atoms with Gasteiger partial charge in [-0.2, -0.15) is 0 Å². The van der Waals surface area contributed by atoms with Gasteiger partial charge < -0.3 is 14.5 Å². The van der Waals surface area contributed by atoms with E-state index in [-0.39, 0.29) is 12.0 Å². The third kappa shape index (κ3) is 4.75. The van der Waals surface area contributed by atoms with Crippen LogP contribution in [0.15, 0.2) is 18.2 Å². The van der Waals surface area contributed by atoms with Gasteiger partial charge in [-0.15, -0.1) is 0 Å². The van der Waals surface area contributed by atoms with Crippen molar-refractivity contribution in [2.75, 3.05) is 32.8 Å². The van der Waals surface area contributed by atoms with Crippen LogP contribution in [0.3, 0.4) is 0 Å². The van der Waals surface area contributed by atoms with Gasteiger partial charge in [-0.05, 0) is 24.6 Å². The average Bonchev–Trinajstić information content (AvgIpc) is 2.57. The summed E-state index contributed by atoms with van der Waals surface area (Å²) in [7, 11) is 0. The molecule has 1 aliphatic heterocycles. The molecule has 0 radical (unpaired) electrons. The molecule has 1 aliphatic rings. The molecule has 0 spiro atoms. The van der Waals surface area contributed by atoms with Crippen molar-refractivity contribution < 1.29 is 14.3 Å². The normalized spacial score (nSPS) is 14.7. The van der Waals surface area contributed by atoms with E-state index in [1.807, 2.05) is 6.92 Å². The number of ether oxygens (including phenoxy) is 1. The predicted molar refractivity (Wildman–Crippen MR) is 90.2 cm³/mol. The van der Waals surface area contributed by atoms with Crippen LogP contribution in [0.25, 0.3) is 0 Å². The van der Waals surface area contributed by atoms with Crippen LogP contribution in [-0.4, -0.2) is 54.6 Å². The van der Waals surface area contributed by atoms with Crippen LogP contribution in [0.4, 0.5) is 4.79 Å². The molecule has 23 heavy (non-hydrogen) atoms. The Morgan fingerprint density at radius 2 is 1.74 bits per heavy atom. The highest BCUT2D eigenvalue weighted by Gasteiger charge is 2.25. The monoisotopic (exact) mass is 358 g/mol. The molecule has 1 fully saturated rings. The fourth-order valence-electron chi connectivity index (χ4n) is 2.30. The van der Waals surface area contributed by atoms with Crippen LogP contribution in [0.5, 0.6) is 0 Å². The highest BCUT2D eigenvalue weighted by Crippen LogP contribution is 2.23. The van der Waals surface area contributed by atoms with E-state index in [1.165, 1.54) is 0 Å². The maximum absolute atomic E-state index is 12.4. The number of nitrogens with zero attached hydrogens (tertiary/aromatic N) is 2. The van der Waals surface area contributed by atoms with Gasteiger partial charge in [0.25, 0.3) is 5.91 Å². The molecule has 7 heteroatoms. The SMILES string of the molecule is CCCCOC(=O)N1CCN(C(=O)c2ccc(Cl)c(Cl)c2)CC1. The molecule has 5 nitrogen and oxygen atoms in total. The third-order valence-corrected chi connectivity index (χ3v) is 4.45. The Kier molecular flexibility index (Phi) is 6.54. The van der Waals surface area contributed by atoms with E-state index < -0.39 is 0 Å². The molecule has 0 N–H and O–H groups in total. The van der Waals surface area contributed by atoms with Gasteiger partial charge in [-0.25, -0.2) is 4.79 Å². The molecule has 0 unspecified atom stereocenters. The Hall–Kier alpha value is -1.46. The van der Waals surface area contributed by atoms with Crippen LogP contribution >= 0.6 is 23.2 Å². The van der Waals surface area contributed by atoms with Crippen LogP contribution in [0, 0.1) is 0 Å². The van der Waals surface area contributed by atoms with Crippen molar-refractivity contribution in [1.82, 2.24) is 9.80 Å². The minimum Gasteiger partial charge on any atom is -0.449 e. The summed E-state index contributed by atoms with van der Waals surface area (Å²) in [6, 6.07) is 4.83. The molecule has 0 bridgehead atoms. The summed E-state index contributed by atoms with van der Waals surface area (Å²) < 4.78 is 5.18. The van der Waals surface area contributed by atoms with Crippen molar-refractivity contribution in [1.29, 1.82) is 0 Å². The molecule has 0 aromatic heterocycles. The fourth-order valence-corrected chi connectivity index (χ4v) is 2.60. The molecular formula is C16H20Cl2N2O3. The Labute approximate surface area is 146 Å². The summed E-state index contributed by atoms with van der Waals surface area (Å²) in [6.45, 7) is 4.37. The molecule has 0 aliphatic carbocycles. The molecule has 1 saturated heterocycles. The summed E-state index contributed by atoms with van der Waals surface area (Å²) in [5.41, 5.74) is 0.498. The summed E-state index contributed by atoms with van der Waals surface area (Å²) in [5, 5.41) is 0.776. The first-order valence-corrected chi connectivity index (χ1v) is 8.44. The Bertz CT molecular complexity index is 572. The quantitative estimate of drug-likeness (QED) is 0.771. The number of carbonyl (C=O) groups excluding carboxylic acids is 2. The minimum atomic E-state index is -0.305. The lowest BCUT2D eigenvalue weighted by molar-refractivity contribution is 0.0557. The topological polar surface area (TPSA) is 49.9 Å². The predicted octanol–water partition coefficient (Wildman–Crippen LogP) is 3.69. The Morgan fingerprint density at radius 1 is 1.09 bits per heavy atom. The van der Waals surface area contributed by atoms with Crippen molar-refractivity contribution in [2.45, 2.75) is 19.8 Å². The molecule has 0 atom stereocenters. The van der Waals surface area contributed by atoms with Gasteiger partial charge in [-0.1, -0.05) is 36.5 Å². The van der Waals surface area contributed by atoms with Gasteiger partial charge in [-0.3, -0.25) is 4.79 Å². The first kappa shape index (κ1) is 17.9.